The third kappa shape index (κ3) is 4.03. The second kappa shape index (κ2) is 4.93. The van der Waals surface area contributed by atoms with Gasteiger partial charge in [0.25, 0.3) is 0 Å². The van der Waals surface area contributed by atoms with E-state index in [4.69, 9.17) is 10.2 Å². The number of carboxylic acids is 1. The van der Waals surface area contributed by atoms with Crippen molar-refractivity contribution in [2.24, 2.45) is 0 Å². The summed E-state index contributed by atoms with van der Waals surface area (Å²) in [5, 5.41) is 16.3. The van der Waals surface area contributed by atoms with Gasteiger partial charge in [-0.25, -0.2) is 4.79 Å². The minimum atomic E-state index is -1.45. The van der Waals surface area contributed by atoms with Crippen LogP contribution < -0.4 is 0 Å². The molecule has 0 aromatic heterocycles. The molecule has 0 bridgehead atoms. The summed E-state index contributed by atoms with van der Waals surface area (Å²) in [5.41, 5.74) is 0. The lowest BCUT2D eigenvalue weighted by Gasteiger charge is -1.91. The average molecular weight is 145 g/mol. The van der Waals surface area contributed by atoms with Crippen molar-refractivity contribution in [3.63, 3.8) is 0 Å². The Labute approximate surface area is 58.5 Å². The number of Topliss-reactive ketones (excluding diaryl/α,β-unsaturated/α-hetero) is 1. The predicted octanol–water partition coefficient (Wildman–Crippen LogP) is -0.383. The van der Waals surface area contributed by atoms with Crippen molar-refractivity contribution in [1.29, 1.82) is 0 Å². The van der Waals surface area contributed by atoms with Crippen LogP contribution in [0.1, 0.15) is 12.8 Å². The second-order valence-corrected chi connectivity index (χ2v) is 1.74. The molecule has 4 heteroatoms. The molecule has 0 aliphatic rings. The van der Waals surface area contributed by atoms with Gasteiger partial charge in [-0.15, -0.1) is 0 Å². The summed E-state index contributed by atoms with van der Waals surface area (Å²) in [7, 11) is 0. The minimum Gasteiger partial charge on any atom is -0.475 e. The van der Waals surface area contributed by atoms with Crippen molar-refractivity contribution in [3.8, 4) is 0 Å². The molecule has 0 atom stereocenters. The Morgan fingerprint density at radius 3 is 2.40 bits per heavy atom. The lowest BCUT2D eigenvalue weighted by molar-refractivity contribution is -0.147. The molecule has 10 heavy (non-hydrogen) atoms. The number of ketones is 1. The topological polar surface area (TPSA) is 74.6 Å². The van der Waals surface area contributed by atoms with Gasteiger partial charge in [-0.2, -0.15) is 0 Å². The number of carboxylic acid groups (broad SMARTS) is 1. The lowest BCUT2D eigenvalue weighted by Crippen LogP contribution is -2.12. The van der Waals surface area contributed by atoms with Crippen LogP contribution in [0.4, 0.5) is 0 Å². The van der Waals surface area contributed by atoms with E-state index in [1.807, 2.05) is 0 Å². The molecule has 0 rings (SSSR count). The van der Waals surface area contributed by atoms with Gasteiger partial charge in [0.1, 0.15) is 0 Å². The first-order valence-electron chi connectivity index (χ1n) is 2.90. The average Bonchev–Trinajstić information content (AvgIpc) is 1.88. The van der Waals surface area contributed by atoms with Crippen LogP contribution in [0.15, 0.2) is 0 Å². The van der Waals surface area contributed by atoms with Crippen molar-refractivity contribution in [1.82, 2.24) is 0 Å². The first kappa shape index (κ1) is 9.10. The summed E-state index contributed by atoms with van der Waals surface area (Å²) in [6.07, 6.45) is 1.80. The number of hydrogen-bond acceptors (Lipinski definition) is 3. The monoisotopic (exact) mass is 145 g/mol. The minimum absolute atomic E-state index is 0.0244. The van der Waals surface area contributed by atoms with Crippen LogP contribution in [0, 0.1) is 6.42 Å². The Hall–Kier alpha value is -0.900. The molecule has 0 aromatic rings. The van der Waals surface area contributed by atoms with E-state index < -0.39 is 11.8 Å². The zero-order valence-corrected chi connectivity index (χ0v) is 5.41. The van der Waals surface area contributed by atoms with Crippen LogP contribution in [0.3, 0.4) is 0 Å². The van der Waals surface area contributed by atoms with Crippen molar-refractivity contribution in [3.05, 3.63) is 6.42 Å². The zero-order valence-electron chi connectivity index (χ0n) is 5.41. The molecule has 0 spiro atoms. The molecule has 0 amide bonds. The van der Waals surface area contributed by atoms with Gasteiger partial charge in [-0.05, 0) is 12.8 Å². The molecule has 0 saturated heterocycles. The molecule has 57 valence electrons. The fraction of sp³-hybridized carbons (Fsp3) is 0.500. The van der Waals surface area contributed by atoms with Crippen molar-refractivity contribution in [2.75, 3.05) is 6.61 Å². The number of carbonyl (C=O) groups excluding carboxylic acids is 1. The van der Waals surface area contributed by atoms with E-state index in [1.54, 1.807) is 0 Å². The summed E-state index contributed by atoms with van der Waals surface area (Å²) < 4.78 is 0. The van der Waals surface area contributed by atoms with Gasteiger partial charge in [-0.3, -0.25) is 4.79 Å². The molecule has 0 unspecified atom stereocenters. The van der Waals surface area contributed by atoms with Gasteiger partial charge >= 0.3 is 5.97 Å². The van der Waals surface area contributed by atoms with Crippen LogP contribution in [-0.2, 0) is 9.59 Å². The number of aliphatic hydroxyl groups is 1. The Balaban J connectivity index is 3.31. The maximum atomic E-state index is 10.3. The Morgan fingerprint density at radius 1 is 1.40 bits per heavy atom. The quantitative estimate of drug-likeness (QED) is 0.408. The molecule has 0 aliphatic heterocycles. The molecule has 0 aromatic carbocycles. The Morgan fingerprint density at radius 2 is 2.00 bits per heavy atom. The normalized spacial score (nSPS) is 9.30. The highest BCUT2D eigenvalue weighted by atomic mass is 16.4. The molecule has 0 saturated carbocycles. The highest BCUT2D eigenvalue weighted by molar-refractivity contribution is 6.36. The fourth-order valence-corrected chi connectivity index (χ4v) is 0.412. The van der Waals surface area contributed by atoms with E-state index >= 15 is 0 Å². The van der Waals surface area contributed by atoms with Gasteiger partial charge in [0.2, 0.25) is 5.78 Å². The summed E-state index contributed by atoms with van der Waals surface area (Å²) in [6.45, 7) is -0.0244. The molecule has 1 radical (unpaired) electrons. The van der Waals surface area contributed by atoms with Crippen LogP contribution in [0.25, 0.3) is 0 Å². The smallest absolute Gasteiger partial charge is 0.372 e. The Kier molecular flexibility index (Phi) is 4.49. The number of unbranched alkanes of at least 4 members (excludes halogenated alkanes) is 1. The van der Waals surface area contributed by atoms with Gasteiger partial charge in [0.05, 0.1) is 0 Å². The molecule has 0 fully saturated rings. The molecule has 0 heterocycles. The highest BCUT2D eigenvalue weighted by Gasteiger charge is 2.09. The standard InChI is InChI=1S/C6H9O4/c7-4-2-1-3-5(8)6(9)10/h3,7H,1-2,4H2,(H,9,10). The SMILES string of the molecule is O=C(O)C(=O)[CH]CCCO. The molecule has 4 nitrogen and oxygen atoms in total. The number of rotatable bonds is 5. The highest BCUT2D eigenvalue weighted by Crippen LogP contribution is 1.93. The van der Waals surface area contributed by atoms with Gasteiger partial charge in [-0.1, -0.05) is 0 Å². The summed E-state index contributed by atoms with van der Waals surface area (Å²) in [4.78, 5) is 20.1. The van der Waals surface area contributed by atoms with Crippen molar-refractivity contribution in [2.45, 2.75) is 12.8 Å². The summed E-state index contributed by atoms with van der Waals surface area (Å²) >= 11 is 0. The van der Waals surface area contributed by atoms with E-state index in [-0.39, 0.29) is 6.61 Å². The van der Waals surface area contributed by atoms with Crippen molar-refractivity contribution < 1.29 is 19.8 Å². The molecular weight excluding hydrogens is 136 g/mol. The maximum absolute atomic E-state index is 10.3. The first-order chi connectivity index (χ1) is 4.68. The third-order valence-corrected chi connectivity index (χ3v) is 0.903. The van der Waals surface area contributed by atoms with Gasteiger partial charge in [0.15, 0.2) is 0 Å². The first-order valence-corrected chi connectivity index (χ1v) is 2.90. The predicted molar refractivity (Wildman–Crippen MR) is 33.3 cm³/mol. The third-order valence-electron chi connectivity index (χ3n) is 0.903. The van der Waals surface area contributed by atoms with E-state index in [1.165, 1.54) is 0 Å². The maximum Gasteiger partial charge on any atom is 0.372 e. The fourth-order valence-electron chi connectivity index (χ4n) is 0.412. The molecular formula is C6H9O4. The number of carbonyl (C=O) groups is 2. The van der Waals surface area contributed by atoms with Crippen LogP contribution in [0.2, 0.25) is 0 Å². The number of hydrogen-bond donors (Lipinski definition) is 2. The van der Waals surface area contributed by atoms with E-state index in [0.29, 0.717) is 12.8 Å². The van der Waals surface area contributed by atoms with E-state index in [0.717, 1.165) is 6.42 Å². The van der Waals surface area contributed by atoms with Crippen LogP contribution >= 0.6 is 0 Å². The van der Waals surface area contributed by atoms with Crippen molar-refractivity contribution >= 4 is 11.8 Å². The Bertz CT molecular complexity index is 130. The second-order valence-electron chi connectivity index (χ2n) is 1.74. The van der Waals surface area contributed by atoms with E-state index in [2.05, 4.69) is 0 Å². The van der Waals surface area contributed by atoms with E-state index in [9.17, 15) is 9.59 Å². The summed E-state index contributed by atoms with van der Waals surface area (Å²) in [6, 6.07) is 0. The lowest BCUT2D eigenvalue weighted by atomic mass is 10.2. The largest absolute Gasteiger partial charge is 0.475 e. The van der Waals surface area contributed by atoms with Crippen LogP contribution in [-0.4, -0.2) is 28.6 Å². The van der Waals surface area contributed by atoms with Gasteiger partial charge < -0.3 is 10.2 Å². The molecule has 0 aliphatic carbocycles. The summed E-state index contributed by atoms with van der Waals surface area (Å²) in [5.74, 6) is -2.36. The molecule has 2 N–H and O–H groups in total. The zero-order chi connectivity index (χ0) is 7.98. The number of aliphatic hydroxyl groups excluding tert-OH is 1. The number of aliphatic carboxylic acids is 1. The van der Waals surface area contributed by atoms with Crippen LogP contribution in [0.5, 0.6) is 0 Å². The van der Waals surface area contributed by atoms with Gasteiger partial charge in [0, 0.05) is 13.0 Å².